The van der Waals surface area contributed by atoms with Crippen LogP contribution in [0.1, 0.15) is 24.8 Å². The summed E-state index contributed by atoms with van der Waals surface area (Å²) >= 11 is 0. The van der Waals surface area contributed by atoms with Gasteiger partial charge in [0, 0.05) is 44.5 Å². The fourth-order valence-corrected chi connectivity index (χ4v) is 4.03. The number of carbonyl (C=O) groups excluding carboxylic acids is 2. The summed E-state index contributed by atoms with van der Waals surface area (Å²) in [7, 11) is 0. The van der Waals surface area contributed by atoms with E-state index in [-0.39, 0.29) is 23.8 Å². The van der Waals surface area contributed by atoms with Gasteiger partial charge in [0.25, 0.3) is 0 Å². The number of hydrogen-bond donors (Lipinski definition) is 0. The molecule has 1 unspecified atom stereocenters. The zero-order valence-corrected chi connectivity index (χ0v) is 13.2. The first-order chi connectivity index (χ1) is 11.2. The van der Waals surface area contributed by atoms with Crippen molar-refractivity contribution in [2.45, 2.75) is 31.7 Å². The maximum Gasteiger partial charge on any atom is 0.232 e. The number of benzene rings is 1. The van der Waals surface area contributed by atoms with Crippen LogP contribution < -0.4 is 4.90 Å². The minimum Gasteiger partial charge on any atom is -0.381 e. The molecule has 0 spiro atoms. The molecule has 2 fully saturated rings. The Morgan fingerprint density at radius 2 is 1.96 bits per heavy atom. The van der Waals surface area contributed by atoms with Crippen LogP contribution in [0.5, 0.6) is 0 Å². The van der Waals surface area contributed by atoms with Crippen molar-refractivity contribution in [1.29, 1.82) is 0 Å². The van der Waals surface area contributed by atoms with Gasteiger partial charge in [-0.25, -0.2) is 0 Å². The number of rotatable bonds is 2. The third-order valence-electron chi connectivity index (χ3n) is 5.29. The molecule has 2 amide bonds. The number of fused-ring (bicyclic) bond motifs is 1. The van der Waals surface area contributed by atoms with E-state index >= 15 is 0 Å². The fourth-order valence-electron chi connectivity index (χ4n) is 4.03. The highest BCUT2D eigenvalue weighted by Crippen LogP contribution is 2.32. The largest absolute Gasteiger partial charge is 0.381 e. The van der Waals surface area contributed by atoms with E-state index in [9.17, 15) is 9.59 Å². The summed E-state index contributed by atoms with van der Waals surface area (Å²) < 4.78 is 5.38. The van der Waals surface area contributed by atoms with E-state index in [0.29, 0.717) is 26.2 Å². The molecule has 3 heterocycles. The number of para-hydroxylation sites is 1. The number of carbonyl (C=O) groups is 2. The molecule has 3 aliphatic heterocycles. The lowest BCUT2D eigenvalue weighted by Crippen LogP contribution is -2.42. The normalized spacial score (nSPS) is 25.0. The number of hydrogen-bond acceptors (Lipinski definition) is 3. The Labute approximate surface area is 136 Å². The highest BCUT2D eigenvalue weighted by atomic mass is 16.5. The Morgan fingerprint density at radius 3 is 2.78 bits per heavy atom. The second-order valence-electron chi connectivity index (χ2n) is 6.66. The number of ether oxygens (including phenoxy) is 1. The lowest BCUT2D eigenvalue weighted by atomic mass is 10.1. The van der Waals surface area contributed by atoms with E-state index in [4.69, 9.17) is 4.74 Å². The number of anilines is 1. The quantitative estimate of drug-likeness (QED) is 0.833. The third kappa shape index (κ3) is 2.63. The molecule has 0 bridgehead atoms. The Balaban J connectivity index is 1.47. The van der Waals surface area contributed by atoms with Crippen molar-refractivity contribution in [1.82, 2.24) is 4.90 Å². The first kappa shape index (κ1) is 14.7. The average molecular weight is 314 g/mol. The van der Waals surface area contributed by atoms with Gasteiger partial charge in [0.2, 0.25) is 11.8 Å². The van der Waals surface area contributed by atoms with Crippen LogP contribution in [0.2, 0.25) is 0 Å². The molecule has 3 aliphatic rings. The number of nitrogens with zero attached hydrogens (tertiary/aromatic N) is 2. The molecule has 4 rings (SSSR count). The van der Waals surface area contributed by atoms with Crippen LogP contribution in [-0.2, 0) is 20.7 Å². The van der Waals surface area contributed by atoms with E-state index in [1.54, 1.807) is 0 Å². The van der Waals surface area contributed by atoms with Crippen LogP contribution in [0.3, 0.4) is 0 Å². The molecule has 2 saturated heterocycles. The molecule has 0 aromatic heterocycles. The first-order valence-corrected chi connectivity index (χ1v) is 8.50. The molecule has 5 nitrogen and oxygen atoms in total. The van der Waals surface area contributed by atoms with Crippen LogP contribution in [0.15, 0.2) is 24.3 Å². The summed E-state index contributed by atoms with van der Waals surface area (Å²) in [5.74, 6) is 0.0390. The SMILES string of the molecule is O=C(C1CC(=O)N(C2CCOCC2)C1)N1CCc2ccccc21. The standard InChI is InChI=1S/C18H22N2O3/c21-17-11-14(12-20(17)15-6-9-23-10-7-15)18(22)19-8-5-13-3-1-2-4-16(13)19/h1-4,14-15H,5-12H2. The van der Waals surface area contributed by atoms with E-state index in [1.807, 2.05) is 28.0 Å². The summed E-state index contributed by atoms with van der Waals surface area (Å²) in [6.45, 7) is 2.74. The minimum atomic E-state index is -0.198. The topological polar surface area (TPSA) is 49.9 Å². The van der Waals surface area contributed by atoms with Gasteiger partial charge in [0.1, 0.15) is 0 Å². The van der Waals surface area contributed by atoms with Gasteiger partial charge in [-0.2, -0.15) is 0 Å². The Hall–Kier alpha value is -1.88. The predicted molar refractivity (Wildman–Crippen MR) is 86.2 cm³/mol. The highest BCUT2D eigenvalue weighted by Gasteiger charge is 2.41. The molecule has 0 N–H and O–H groups in total. The smallest absolute Gasteiger partial charge is 0.232 e. The number of likely N-dealkylation sites (tertiary alicyclic amines) is 1. The summed E-state index contributed by atoms with van der Waals surface area (Å²) in [5.41, 5.74) is 2.25. The Kier molecular flexibility index (Phi) is 3.81. The monoisotopic (exact) mass is 314 g/mol. The van der Waals surface area contributed by atoms with Crippen molar-refractivity contribution in [2.75, 3.05) is 31.2 Å². The van der Waals surface area contributed by atoms with Gasteiger partial charge in [0.05, 0.1) is 5.92 Å². The summed E-state index contributed by atoms with van der Waals surface area (Å²) in [6, 6.07) is 8.32. The maximum absolute atomic E-state index is 12.9. The van der Waals surface area contributed by atoms with Gasteiger partial charge in [0.15, 0.2) is 0 Å². The predicted octanol–water partition coefficient (Wildman–Crippen LogP) is 1.60. The highest BCUT2D eigenvalue weighted by molar-refractivity contribution is 6.00. The van der Waals surface area contributed by atoms with E-state index in [2.05, 4.69) is 6.07 Å². The zero-order valence-electron chi connectivity index (χ0n) is 13.2. The van der Waals surface area contributed by atoms with Crippen molar-refractivity contribution >= 4 is 17.5 Å². The summed E-state index contributed by atoms with van der Waals surface area (Å²) in [6.07, 6.45) is 3.04. The molecule has 1 aromatic carbocycles. The first-order valence-electron chi connectivity index (χ1n) is 8.50. The van der Waals surface area contributed by atoms with Crippen molar-refractivity contribution in [3.05, 3.63) is 29.8 Å². The fraction of sp³-hybridized carbons (Fsp3) is 0.556. The molecular weight excluding hydrogens is 292 g/mol. The number of amides is 2. The lowest BCUT2D eigenvalue weighted by molar-refractivity contribution is -0.131. The summed E-state index contributed by atoms with van der Waals surface area (Å²) in [5, 5.41) is 0. The van der Waals surface area contributed by atoms with Crippen molar-refractivity contribution in [3.8, 4) is 0 Å². The Morgan fingerprint density at radius 1 is 1.17 bits per heavy atom. The van der Waals surface area contributed by atoms with Crippen molar-refractivity contribution in [2.24, 2.45) is 5.92 Å². The van der Waals surface area contributed by atoms with Gasteiger partial charge < -0.3 is 14.5 Å². The van der Waals surface area contributed by atoms with Crippen LogP contribution in [0, 0.1) is 5.92 Å². The molecule has 0 radical (unpaired) electrons. The van der Waals surface area contributed by atoms with Crippen molar-refractivity contribution in [3.63, 3.8) is 0 Å². The van der Waals surface area contributed by atoms with Crippen molar-refractivity contribution < 1.29 is 14.3 Å². The zero-order chi connectivity index (χ0) is 15.8. The van der Waals surface area contributed by atoms with Gasteiger partial charge in [-0.05, 0) is 30.9 Å². The van der Waals surface area contributed by atoms with Gasteiger partial charge in [-0.15, -0.1) is 0 Å². The molecular formula is C18H22N2O3. The van der Waals surface area contributed by atoms with Crippen LogP contribution >= 0.6 is 0 Å². The van der Waals surface area contributed by atoms with Crippen LogP contribution in [-0.4, -0.2) is 49.1 Å². The van der Waals surface area contributed by atoms with Crippen LogP contribution in [0.25, 0.3) is 0 Å². The van der Waals surface area contributed by atoms with Crippen LogP contribution in [0.4, 0.5) is 5.69 Å². The molecule has 23 heavy (non-hydrogen) atoms. The van der Waals surface area contributed by atoms with E-state index in [0.717, 1.165) is 31.5 Å². The maximum atomic E-state index is 12.9. The molecule has 0 saturated carbocycles. The molecule has 1 aromatic rings. The second kappa shape index (κ2) is 5.96. The molecule has 0 aliphatic carbocycles. The second-order valence-corrected chi connectivity index (χ2v) is 6.66. The average Bonchev–Trinajstić information content (AvgIpc) is 3.19. The van der Waals surface area contributed by atoms with Gasteiger partial charge >= 0.3 is 0 Å². The molecule has 1 atom stereocenters. The Bertz CT molecular complexity index is 624. The van der Waals surface area contributed by atoms with E-state index < -0.39 is 0 Å². The summed E-state index contributed by atoms with van der Waals surface area (Å²) in [4.78, 5) is 29.1. The minimum absolute atomic E-state index is 0.109. The lowest BCUT2D eigenvalue weighted by Gasteiger charge is -2.31. The third-order valence-corrected chi connectivity index (χ3v) is 5.29. The van der Waals surface area contributed by atoms with Gasteiger partial charge in [-0.1, -0.05) is 18.2 Å². The molecule has 122 valence electrons. The van der Waals surface area contributed by atoms with E-state index in [1.165, 1.54) is 5.56 Å². The molecule has 5 heteroatoms. The van der Waals surface area contributed by atoms with Gasteiger partial charge in [-0.3, -0.25) is 9.59 Å².